The van der Waals surface area contributed by atoms with Crippen LogP contribution in [0.15, 0.2) is 60.3 Å². The first-order valence-electron chi connectivity index (χ1n) is 15.7. The van der Waals surface area contributed by atoms with Gasteiger partial charge in [0.1, 0.15) is 30.2 Å². The maximum atomic E-state index is 15.1. The molecule has 0 aliphatic carbocycles. The molecule has 2 aromatic carbocycles. The summed E-state index contributed by atoms with van der Waals surface area (Å²) in [4.78, 5) is 61.6. The minimum Gasteiger partial charge on any atom is -0.394 e. The number of aliphatic hydroxyl groups is 3. The SMILES string of the molecule is CSS[C@@]1(C(C)C)C(=O)N2C(=C[C@]3(C45c6ccccc6N[C@H]4N4C(=O)[C@H](CO)N(C)C(=O)[C@@]4(O)[C@H]5O)c4ccccc4N[C@H]23)C(=O)N1C. The van der Waals surface area contributed by atoms with Crippen LogP contribution in [0.3, 0.4) is 0 Å². The quantitative estimate of drug-likeness (QED) is 0.280. The van der Waals surface area contributed by atoms with Crippen molar-refractivity contribution < 1.29 is 34.5 Å². The highest BCUT2D eigenvalue weighted by molar-refractivity contribution is 8.77. The van der Waals surface area contributed by atoms with E-state index in [-0.39, 0.29) is 17.5 Å². The van der Waals surface area contributed by atoms with Crippen LogP contribution in [0.2, 0.25) is 0 Å². The summed E-state index contributed by atoms with van der Waals surface area (Å²) in [6.07, 6.45) is -0.684. The number of rotatable bonds is 5. The van der Waals surface area contributed by atoms with Crippen molar-refractivity contribution in [2.24, 2.45) is 5.92 Å². The Bertz CT molecular complexity index is 1860. The summed E-state index contributed by atoms with van der Waals surface area (Å²) < 4.78 is 0. The highest BCUT2D eigenvalue weighted by atomic mass is 33.1. The van der Waals surface area contributed by atoms with E-state index in [0.29, 0.717) is 22.5 Å². The topological polar surface area (TPSA) is 166 Å². The fourth-order valence-corrected chi connectivity index (χ4v) is 12.2. The lowest BCUT2D eigenvalue weighted by molar-refractivity contribution is -0.209. The molecule has 8 atom stereocenters. The highest BCUT2D eigenvalue weighted by Gasteiger charge is 2.85. The van der Waals surface area contributed by atoms with Gasteiger partial charge in [0.15, 0.2) is 4.87 Å². The van der Waals surface area contributed by atoms with Crippen LogP contribution in [-0.2, 0) is 30.0 Å². The van der Waals surface area contributed by atoms with Gasteiger partial charge in [-0.3, -0.25) is 29.0 Å². The number of nitrogens with one attached hydrogen (secondary N) is 2. The Morgan fingerprint density at radius 2 is 1.52 bits per heavy atom. The molecule has 0 bridgehead atoms. The molecule has 3 fully saturated rings. The molecule has 5 N–H and O–H groups in total. The molecule has 0 spiro atoms. The smallest absolute Gasteiger partial charge is 0.279 e. The van der Waals surface area contributed by atoms with Gasteiger partial charge in [0.25, 0.3) is 29.4 Å². The summed E-state index contributed by atoms with van der Waals surface area (Å²) in [5.41, 5.74) is -3.65. The number of piperazine rings is 2. The minimum absolute atomic E-state index is 0.0945. The van der Waals surface area contributed by atoms with Crippen molar-refractivity contribution >= 4 is 56.6 Å². The van der Waals surface area contributed by atoms with Gasteiger partial charge in [0.2, 0.25) is 0 Å². The molecule has 2 aromatic rings. The number of nitrogens with zero attached hydrogens (tertiary/aromatic N) is 4. The maximum absolute atomic E-state index is 15.1. The molecule has 0 saturated carbocycles. The Morgan fingerprint density at radius 1 is 0.917 bits per heavy atom. The lowest BCUT2D eigenvalue weighted by Gasteiger charge is -2.52. The summed E-state index contributed by atoms with van der Waals surface area (Å²) in [5, 5.41) is 42.5. The van der Waals surface area contributed by atoms with Crippen molar-refractivity contribution in [3.8, 4) is 0 Å². The zero-order valence-corrected chi connectivity index (χ0v) is 28.5. The number of carbonyl (C=O) groups excluding carboxylic acids is 4. The first-order valence-corrected chi connectivity index (χ1v) is 18.3. The Hall–Kier alpha value is -3.76. The van der Waals surface area contributed by atoms with Gasteiger partial charge in [-0.25, -0.2) is 0 Å². The third-order valence-electron chi connectivity index (χ3n) is 11.5. The van der Waals surface area contributed by atoms with Crippen LogP contribution in [0.4, 0.5) is 11.4 Å². The summed E-state index contributed by atoms with van der Waals surface area (Å²) in [6, 6.07) is 13.1. The number of amides is 4. The van der Waals surface area contributed by atoms with Gasteiger partial charge in [-0.15, -0.1) is 0 Å². The Morgan fingerprint density at radius 3 is 2.15 bits per heavy atom. The first kappa shape index (κ1) is 31.5. The van der Waals surface area contributed by atoms with E-state index in [0.717, 1.165) is 9.80 Å². The van der Waals surface area contributed by atoms with Gasteiger partial charge in [0, 0.05) is 25.5 Å². The third-order valence-corrected chi connectivity index (χ3v) is 14.1. The molecular formula is C33H36N6O7S2. The van der Waals surface area contributed by atoms with Gasteiger partial charge in [-0.2, -0.15) is 0 Å². The second kappa shape index (κ2) is 9.91. The molecular weight excluding hydrogens is 657 g/mol. The number of benzene rings is 2. The predicted octanol–water partition coefficient (Wildman–Crippen LogP) is 0.652. The standard InChI is InChI=1S/C33H36N6O7S2/c1-16(2)33(48-47-5)29(45)38-21(23(41)37(33)4)14-30(17-10-6-8-12-19(17)34-26(30)38)31-18-11-7-9-13-20(18)35-27(31)39-24(42)22(15-40)36(3)28(44)32(39,46)25(31)43/h6-14,16,22,25-27,34-35,40,43,46H,15H2,1-5H3/t22-,25-,26+,27-,30-,31?,32-,33-/m0/s1. The van der Waals surface area contributed by atoms with Crippen LogP contribution in [-0.4, -0.2) is 121 Å². The number of anilines is 2. The summed E-state index contributed by atoms with van der Waals surface area (Å²) in [6.45, 7) is 3.09. The van der Waals surface area contributed by atoms with E-state index in [1.165, 1.54) is 38.4 Å². The monoisotopic (exact) mass is 692 g/mol. The molecule has 0 radical (unpaired) electrons. The number of para-hydroxylation sites is 2. The van der Waals surface area contributed by atoms with E-state index >= 15 is 4.79 Å². The number of hydrogen-bond acceptors (Lipinski definition) is 11. The van der Waals surface area contributed by atoms with Crippen LogP contribution in [0, 0.1) is 5.92 Å². The van der Waals surface area contributed by atoms with Gasteiger partial charge in [0.05, 0.1) is 17.4 Å². The van der Waals surface area contributed by atoms with E-state index in [1.807, 2.05) is 44.4 Å². The molecule has 1 unspecified atom stereocenters. The molecule has 48 heavy (non-hydrogen) atoms. The summed E-state index contributed by atoms with van der Waals surface area (Å²) in [5.74, 6) is -2.75. The van der Waals surface area contributed by atoms with Crippen LogP contribution in [0.25, 0.3) is 0 Å². The lowest BCUT2D eigenvalue weighted by atomic mass is 9.54. The van der Waals surface area contributed by atoms with Crippen molar-refractivity contribution in [1.29, 1.82) is 0 Å². The van der Waals surface area contributed by atoms with Crippen molar-refractivity contribution in [1.82, 2.24) is 19.6 Å². The average Bonchev–Trinajstić information content (AvgIpc) is 3.74. The Labute approximate surface area is 284 Å². The van der Waals surface area contributed by atoms with Gasteiger partial charge in [-0.1, -0.05) is 71.8 Å². The molecule has 252 valence electrons. The number of carbonyl (C=O) groups is 4. The molecule has 6 heterocycles. The van der Waals surface area contributed by atoms with Crippen LogP contribution < -0.4 is 10.6 Å². The van der Waals surface area contributed by atoms with E-state index in [1.54, 1.807) is 37.4 Å². The number of hydrogen-bond donors (Lipinski definition) is 5. The molecule has 6 aliphatic heterocycles. The van der Waals surface area contributed by atoms with E-state index in [9.17, 15) is 29.7 Å². The van der Waals surface area contributed by atoms with Gasteiger partial charge >= 0.3 is 0 Å². The van der Waals surface area contributed by atoms with Gasteiger partial charge < -0.3 is 35.8 Å². The largest absolute Gasteiger partial charge is 0.394 e. The fourth-order valence-electron chi connectivity index (χ4n) is 9.48. The molecule has 15 heteroatoms. The molecule has 3 saturated heterocycles. The highest BCUT2D eigenvalue weighted by Crippen LogP contribution is 2.70. The van der Waals surface area contributed by atoms with Crippen molar-refractivity contribution in [3.63, 3.8) is 0 Å². The van der Waals surface area contributed by atoms with E-state index in [4.69, 9.17) is 0 Å². The Balaban J connectivity index is 1.47. The molecule has 13 nitrogen and oxygen atoms in total. The van der Waals surface area contributed by atoms with Crippen LogP contribution >= 0.6 is 21.6 Å². The minimum atomic E-state index is -2.76. The average molecular weight is 693 g/mol. The van der Waals surface area contributed by atoms with E-state index in [2.05, 4.69) is 10.6 Å². The molecule has 4 amide bonds. The third kappa shape index (κ3) is 3.10. The normalized spacial score (nSPS) is 37.6. The maximum Gasteiger partial charge on any atom is 0.279 e. The Kier molecular flexibility index (Phi) is 6.50. The van der Waals surface area contributed by atoms with Crippen molar-refractivity contribution in [2.75, 3.05) is 37.6 Å². The second-order valence-corrected chi connectivity index (χ2v) is 16.2. The zero-order chi connectivity index (χ0) is 34.3. The van der Waals surface area contributed by atoms with Crippen LogP contribution in [0.5, 0.6) is 0 Å². The van der Waals surface area contributed by atoms with Gasteiger partial charge in [-0.05, 0) is 41.5 Å². The number of fused-ring (bicyclic) bond motifs is 11. The summed E-state index contributed by atoms with van der Waals surface area (Å²) >= 11 is 0. The molecule has 6 aliphatic rings. The second-order valence-electron chi connectivity index (χ2n) is 13.5. The lowest BCUT2D eigenvalue weighted by Crippen LogP contribution is -2.73. The molecule has 8 rings (SSSR count). The van der Waals surface area contributed by atoms with Crippen molar-refractivity contribution in [3.05, 3.63) is 71.4 Å². The zero-order valence-electron chi connectivity index (χ0n) is 26.9. The molecule has 0 aromatic heterocycles. The first-order chi connectivity index (χ1) is 22.8. The fraction of sp³-hybridized carbons (Fsp3) is 0.455. The van der Waals surface area contributed by atoms with Crippen LogP contribution in [0.1, 0.15) is 25.0 Å². The summed E-state index contributed by atoms with van der Waals surface area (Å²) in [7, 11) is 5.60. The predicted molar refractivity (Wildman–Crippen MR) is 179 cm³/mol. The number of likely N-dealkylation sites (N-methyl/N-ethyl adjacent to an activating group) is 2. The van der Waals surface area contributed by atoms with Crippen molar-refractivity contribution in [2.45, 2.75) is 59.8 Å². The number of aliphatic hydroxyl groups excluding tert-OH is 2. The van der Waals surface area contributed by atoms with E-state index < -0.39 is 70.2 Å².